The molecule has 6 heteroatoms. The van der Waals surface area contributed by atoms with Crippen molar-refractivity contribution in [1.29, 1.82) is 0 Å². The number of carbonyl (C=O) groups excluding carboxylic acids is 1. The van der Waals surface area contributed by atoms with Crippen LogP contribution >= 0.6 is 0 Å². The molecule has 0 aliphatic heterocycles. The summed E-state index contributed by atoms with van der Waals surface area (Å²) in [6.45, 7) is 3.80. The highest BCUT2D eigenvalue weighted by Gasteiger charge is 2.14. The Morgan fingerprint density at radius 3 is 2.31 bits per heavy atom. The molecule has 1 amide bonds. The smallest absolute Gasteiger partial charge is 0.258 e. The number of rotatable bonds is 4. The van der Waals surface area contributed by atoms with Crippen LogP contribution < -0.4 is 10.2 Å². The van der Waals surface area contributed by atoms with E-state index in [1.807, 2.05) is 26.0 Å². The molecule has 3 rings (SSSR count). The topological polar surface area (TPSA) is 58.1 Å². The van der Waals surface area contributed by atoms with E-state index in [0.717, 1.165) is 11.4 Å². The van der Waals surface area contributed by atoms with Gasteiger partial charge in [0.25, 0.3) is 5.91 Å². The summed E-state index contributed by atoms with van der Waals surface area (Å²) in [4.78, 5) is 22.9. The SMILES string of the molecule is Cc1cc(C)nc(Nc2cccc(C(=O)N(C)c3ccc(F)cc3)c2)n1. The second kappa shape index (κ2) is 7.31. The van der Waals surface area contributed by atoms with Gasteiger partial charge in [0.05, 0.1) is 0 Å². The van der Waals surface area contributed by atoms with E-state index < -0.39 is 0 Å². The number of amides is 1. The number of nitrogens with zero attached hydrogens (tertiary/aromatic N) is 3. The molecule has 1 aromatic heterocycles. The van der Waals surface area contributed by atoms with Crippen molar-refractivity contribution in [3.8, 4) is 0 Å². The van der Waals surface area contributed by atoms with E-state index in [1.54, 1.807) is 37.4 Å². The van der Waals surface area contributed by atoms with Crippen LogP contribution in [-0.2, 0) is 0 Å². The Morgan fingerprint density at radius 2 is 1.65 bits per heavy atom. The molecule has 5 nitrogen and oxygen atoms in total. The monoisotopic (exact) mass is 350 g/mol. The number of halogens is 1. The molecule has 1 heterocycles. The number of carbonyl (C=O) groups is 1. The molecule has 26 heavy (non-hydrogen) atoms. The molecule has 0 atom stereocenters. The molecule has 1 N–H and O–H groups in total. The predicted octanol–water partition coefficient (Wildman–Crippen LogP) is 4.25. The number of aryl methyl sites for hydroxylation is 2. The second-order valence-corrected chi connectivity index (χ2v) is 6.02. The lowest BCUT2D eigenvalue weighted by Gasteiger charge is -2.18. The fourth-order valence-electron chi connectivity index (χ4n) is 2.62. The van der Waals surface area contributed by atoms with E-state index in [4.69, 9.17) is 0 Å². The van der Waals surface area contributed by atoms with Gasteiger partial charge in [0.15, 0.2) is 0 Å². The zero-order valence-corrected chi connectivity index (χ0v) is 14.8. The van der Waals surface area contributed by atoms with Crippen LogP contribution in [0.1, 0.15) is 21.7 Å². The third-order valence-corrected chi connectivity index (χ3v) is 3.87. The largest absolute Gasteiger partial charge is 0.324 e. The van der Waals surface area contributed by atoms with Crippen LogP contribution in [0.2, 0.25) is 0 Å². The summed E-state index contributed by atoms with van der Waals surface area (Å²) in [5.74, 6) is -0.0465. The fraction of sp³-hybridized carbons (Fsp3) is 0.150. The molecule has 0 unspecified atom stereocenters. The first-order chi connectivity index (χ1) is 12.4. The number of benzene rings is 2. The van der Waals surface area contributed by atoms with Gasteiger partial charge in [0.1, 0.15) is 5.82 Å². The van der Waals surface area contributed by atoms with Gasteiger partial charge in [-0.25, -0.2) is 14.4 Å². The highest BCUT2D eigenvalue weighted by Crippen LogP contribution is 2.20. The zero-order valence-electron chi connectivity index (χ0n) is 14.8. The van der Waals surface area contributed by atoms with E-state index >= 15 is 0 Å². The molecule has 132 valence electrons. The van der Waals surface area contributed by atoms with Gasteiger partial charge in [-0.1, -0.05) is 6.07 Å². The van der Waals surface area contributed by atoms with Gasteiger partial charge >= 0.3 is 0 Å². The summed E-state index contributed by atoms with van der Waals surface area (Å²) in [5, 5.41) is 3.12. The van der Waals surface area contributed by atoms with Crippen LogP contribution in [0.3, 0.4) is 0 Å². The average molecular weight is 350 g/mol. The molecular formula is C20H19FN4O. The molecule has 3 aromatic rings. The summed E-state index contributed by atoms with van der Waals surface area (Å²) in [6.07, 6.45) is 0. The number of anilines is 3. The van der Waals surface area contributed by atoms with Crippen molar-refractivity contribution in [3.63, 3.8) is 0 Å². The van der Waals surface area contributed by atoms with E-state index in [1.165, 1.54) is 17.0 Å². The molecule has 0 aliphatic rings. The van der Waals surface area contributed by atoms with Gasteiger partial charge < -0.3 is 10.2 Å². The van der Waals surface area contributed by atoms with Crippen LogP contribution in [0.15, 0.2) is 54.6 Å². The van der Waals surface area contributed by atoms with Crippen LogP contribution in [-0.4, -0.2) is 22.9 Å². The molecule has 0 saturated carbocycles. The molecule has 0 saturated heterocycles. The standard InChI is InChI=1S/C20H19FN4O/c1-13-11-14(2)23-20(22-13)24-17-6-4-5-15(12-17)19(26)25(3)18-9-7-16(21)8-10-18/h4-12H,1-3H3,(H,22,23,24). The van der Waals surface area contributed by atoms with Gasteiger partial charge in [-0.05, 0) is 62.4 Å². The summed E-state index contributed by atoms with van der Waals surface area (Å²) in [5.41, 5.74) is 3.57. The van der Waals surface area contributed by atoms with Crippen molar-refractivity contribution in [1.82, 2.24) is 9.97 Å². The Bertz CT molecular complexity index is 921. The Hall–Kier alpha value is -3.28. The van der Waals surface area contributed by atoms with Gasteiger partial charge in [-0.3, -0.25) is 4.79 Å². The molecule has 0 aliphatic carbocycles. The van der Waals surface area contributed by atoms with E-state index in [9.17, 15) is 9.18 Å². The molecule has 0 spiro atoms. The van der Waals surface area contributed by atoms with Crippen molar-refractivity contribution in [2.75, 3.05) is 17.3 Å². The van der Waals surface area contributed by atoms with Crippen LogP contribution in [0.4, 0.5) is 21.7 Å². The predicted molar refractivity (Wildman–Crippen MR) is 100 cm³/mol. The summed E-state index contributed by atoms with van der Waals surface area (Å²) >= 11 is 0. The van der Waals surface area contributed by atoms with Crippen LogP contribution in [0.25, 0.3) is 0 Å². The maximum atomic E-state index is 13.1. The maximum Gasteiger partial charge on any atom is 0.258 e. The quantitative estimate of drug-likeness (QED) is 0.764. The lowest BCUT2D eigenvalue weighted by atomic mass is 10.1. The summed E-state index contributed by atoms with van der Waals surface area (Å²) in [7, 11) is 1.66. The maximum absolute atomic E-state index is 13.1. The van der Waals surface area contributed by atoms with Crippen molar-refractivity contribution < 1.29 is 9.18 Å². The van der Waals surface area contributed by atoms with Crippen molar-refractivity contribution in [2.24, 2.45) is 0 Å². The van der Waals surface area contributed by atoms with Gasteiger partial charge in [0.2, 0.25) is 5.95 Å². The van der Waals surface area contributed by atoms with Gasteiger partial charge in [0, 0.05) is 35.4 Å². The number of nitrogens with one attached hydrogen (secondary N) is 1. The highest BCUT2D eigenvalue weighted by atomic mass is 19.1. The third-order valence-electron chi connectivity index (χ3n) is 3.87. The van der Waals surface area contributed by atoms with E-state index in [0.29, 0.717) is 22.9 Å². The third kappa shape index (κ3) is 4.03. The van der Waals surface area contributed by atoms with Gasteiger partial charge in [-0.15, -0.1) is 0 Å². The van der Waals surface area contributed by atoms with Crippen LogP contribution in [0.5, 0.6) is 0 Å². The molecule has 0 fully saturated rings. The minimum Gasteiger partial charge on any atom is -0.324 e. The Labute approximate surface area is 151 Å². The lowest BCUT2D eigenvalue weighted by molar-refractivity contribution is 0.0993. The first-order valence-corrected chi connectivity index (χ1v) is 8.15. The Morgan fingerprint density at radius 1 is 1.00 bits per heavy atom. The molecular weight excluding hydrogens is 331 g/mol. The minimum absolute atomic E-state index is 0.193. The van der Waals surface area contributed by atoms with Gasteiger partial charge in [-0.2, -0.15) is 0 Å². The normalized spacial score (nSPS) is 10.5. The second-order valence-electron chi connectivity index (χ2n) is 6.02. The van der Waals surface area contributed by atoms with Crippen molar-refractivity contribution in [3.05, 3.63) is 77.4 Å². The molecule has 0 radical (unpaired) electrons. The first-order valence-electron chi connectivity index (χ1n) is 8.15. The van der Waals surface area contributed by atoms with Crippen LogP contribution in [0, 0.1) is 19.7 Å². The number of aromatic nitrogens is 2. The lowest BCUT2D eigenvalue weighted by Crippen LogP contribution is -2.26. The van der Waals surface area contributed by atoms with Crippen molar-refractivity contribution in [2.45, 2.75) is 13.8 Å². The van der Waals surface area contributed by atoms with E-state index in [2.05, 4.69) is 15.3 Å². The Kier molecular flexibility index (Phi) is 4.93. The highest BCUT2D eigenvalue weighted by molar-refractivity contribution is 6.06. The molecule has 2 aromatic carbocycles. The zero-order chi connectivity index (χ0) is 18.7. The van der Waals surface area contributed by atoms with Crippen molar-refractivity contribution >= 4 is 23.2 Å². The average Bonchev–Trinajstić information content (AvgIpc) is 2.60. The summed E-state index contributed by atoms with van der Waals surface area (Å²) < 4.78 is 13.1. The van der Waals surface area contributed by atoms with E-state index in [-0.39, 0.29) is 11.7 Å². The molecule has 0 bridgehead atoms. The first kappa shape index (κ1) is 17.5. The fourth-order valence-corrected chi connectivity index (χ4v) is 2.62. The summed E-state index contributed by atoms with van der Waals surface area (Å²) in [6, 6.07) is 14.8. The Balaban J connectivity index is 1.81. The minimum atomic E-state index is -0.339. The number of hydrogen-bond acceptors (Lipinski definition) is 4. The number of hydrogen-bond donors (Lipinski definition) is 1.